The average Bonchev–Trinajstić information content (AvgIpc) is 2.96. The number of nitrogens with two attached hydrogens (primary N) is 1. The number of thiophene rings is 1. The van der Waals surface area contributed by atoms with E-state index in [1.165, 1.54) is 24.2 Å². The van der Waals surface area contributed by atoms with E-state index in [0.717, 1.165) is 0 Å². The first kappa shape index (κ1) is 12.1. The molecule has 0 aliphatic heterocycles. The molecule has 1 aliphatic carbocycles. The van der Waals surface area contributed by atoms with Gasteiger partial charge in [0.15, 0.2) is 0 Å². The van der Waals surface area contributed by atoms with Crippen LogP contribution in [-0.4, -0.2) is 24.4 Å². The molecule has 0 aromatic carbocycles. The van der Waals surface area contributed by atoms with Gasteiger partial charge in [-0.15, -0.1) is 11.3 Å². The van der Waals surface area contributed by atoms with Crippen LogP contribution in [0.2, 0.25) is 0 Å². The summed E-state index contributed by atoms with van der Waals surface area (Å²) < 4.78 is 0. The Labute approximate surface area is 103 Å². The predicted molar refractivity (Wildman–Crippen MR) is 67.1 cm³/mol. The number of carbonyl (C=O) groups excluding carboxylic acids is 2. The van der Waals surface area contributed by atoms with Crippen LogP contribution in [0.1, 0.15) is 29.6 Å². The van der Waals surface area contributed by atoms with Crippen LogP contribution in [-0.2, 0) is 4.79 Å². The summed E-state index contributed by atoms with van der Waals surface area (Å²) in [4.78, 5) is 22.6. The Morgan fingerprint density at radius 2 is 2.24 bits per heavy atom. The molecule has 4 N–H and O–H groups in total. The van der Waals surface area contributed by atoms with Crippen LogP contribution in [0.3, 0.4) is 0 Å². The van der Waals surface area contributed by atoms with E-state index < -0.39 is 5.91 Å². The summed E-state index contributed by atoms with van der Waals surface area (Å²) >= 11 is 1.31. The van der Waals surface area contributed by atoms with E-state index in [2.05, 4.69) is 10.6 Å². The van der Waals surface area contributed by atoms with Crippen molar-refractivity contribution >= 4 is 28.2 Å². The highest BCUT2D eigenvalue weighted by atomic mass is 32.1. The lowest BCUT2D eigenvalue weighted by atomic mass is 10.3. The normalized spacial score (nSPS) is 14.6. The second-order valence-corrected chi connectivity index (χ2v) is 4.97. The molecule has 1 fully saturated rings. The maximum absolute atomic E-state index is 11.6. The van der Waals surface area contributed by atoms with E-state index in [1.54, 1.807) is 11.4 Å². The summed E-state index contributed by atoms with van der Waals surface area (Å²) in [6.45, 7) is 0.674. The van der Waals surface area contributed by atoms with Gasteiger partial charge in [0.2, 0.25) is 5.91 Å². The van der Waals surface area contributed by atoms with Crippen molar-refractivity contribution in [2.45, 2.75) is 25.3 Å². The maximum atomic E-state index is 11.6. The van der Waals surface area contributed by atoms with Crippen molar-refractivity contribution in [3.63, 3.8) is 0 Å². The smallest absolute Gasteiger partial charge is 0.251 e. The summed E-state index contributed by atoms with van der Waals surface area (Å²) in [6, 6.07) is 2.22. The van der Waals surface area contributed by atoms with Crippen molar-refractivity contribution in [1.29, 1.82) is 0 Å². The van der Waals surface area contributed by atoms with E-state index in [-0.39, 0.29) is 5.91 Å². The van der Waals surface area contributed by atoms with Crippen molar-refractivity contribution in [2.24, 2.45) is 5.73 Å². The van der Waals surface area contributed by atoms with Gasteiger partial charge in [0.1, 0.15) is 5.00 Å². The molecule has 0 radical (unpaired) electrons. The number of anilines is 1. The van der Waals surface area contributed by atoms with Crippen LogP contribution in [0.15, 0.2) is 11.4 Å². The molecule has 0 bridgehead atoms. The van der Waals surface area contributed by atoms with Gasteiger partial charge in [0, 0.05) is 19.0 Å². The summed E-state index contributed by atoms with van der Waals surface area (Å²) in [5, 5.41) is 8.23. The number of primary amides is 1. The lowest BCUT2D eigenvalue weighted by Gasteiger charge is -2.05. The Morgan fingerprint density at radius 1 is 1.47 bits per heavy atom. The van der Waals surface area contributed by atoms with Gasteiger partial charge in [-0.3, -0.25) is 9.59 Å². The Morgan fingerprint density at radius 3 is 2.88 bits per heavy atom. The Balaban J connectivity index is 1.79. The van der Waals surface area contributed by atoms with Crippen LogP contribution in [0.4, 0.5) is 5.00 Å². The minimum absolute atomic E-state index is 0.0944. The molecule has 1 aromatic rings. The second kappa shape index (κ2) is 5.29. The van der Waals surface area contributed by atoms with Gasteiger partial charge < -0.3 is 16.4 Å². The van der Waals surface area contributed by atoms with E-state index in [9.17, 15) is 9.59 Å². The standard InChI is InChI=1S/C11H15N3O2S/c12-10(16)8-4-6-17-11(8)14-9(15)3-5-13-7-1-2-7/h4,6-7,13H,1-3,5H2,(H2,12,16)(H,14,15). The molecule has 1 aliphatic rings. The van der Waals surface area contributed by atoms with Gasteiger partial charge in [-0.05, 0) is 24.3 Å². The first-order valence-corrected chi connectivity index (χ1v) is 6.45. The molecule has 1 saturated carbocycles. The molecule has 92 valence electrons. The maximum Gasteiger partial charge on any atom is 0.251 e. The van der Waals surface area contributed by atoms with Crippen LogP contribution in [0.5, 0.6) is 0 Å². The quantitative estimate of drug-likeness (QED) is 0.705. The van der Waals surface area contributed by atoms with Crippen molar-refractivity contribution in [2.75, 3.05) is 11.9 Å². The van der Waals surface area contributed by atoms with Crippen LogP contribution >= 0.6 is 11.3 Å². The summed E-state index contributed by atoms with van der Waals surface area (Å²) in [5.41, 5.74) is 5.56. The number of amides is 2. The third kappa shape index (κ3) is 3.54. The average molecular weight is 253 g/mol. The fourth-order valence-electron chi connectivity index (χ4n) is 1.47. The van der Waals surface area contributed by atoms with Crippen LogP contribution < -0.4 is 16.4 Å². The molecule has 0 spiro atoms. The van der Waals surface area contributed by atoms with Gasteiger partial charge in [0.05, 0.1) is 5.56 Å². The number of hydrogen-bond donors (Lipinski definition) is 3. The summed E-state index contributed by atoms with van der Waals surface area (Å²) in [6.07, 6.45) is 2.82. The number of nitrogens with one attached hydrogen (secondary N) is 2. The Kier molecular flexibility index (Phi) is 3.75. The SMILES string of the molecule is NC(=O)c1ccsc1NC(=O)CCNC1CC1. The molecule has 17 heavy (non-hydrogen) atoms. The molecule has 2 rings (SSSR count). The molecular formula is C11H15N3O2S. The topological polar surface area (TPSA) is 84.2 Å². The second-order valence-electron chi connectivity index (χ2n) is 4.05. The third-order valence-electron chi connectivity index (χ3n) is 2.55. The molecule has 5 nitrogen and oxygen atoms in total. The summed E-state index contributed by atoms with van der Waals surface area (Å²) in [7, 11) is 0. The molecule has 0 unspecified atom stereocenters. The van der Waals surface area contributed by atoms with E-state index in [1.807, 2.05) is 0 Å². The van der Waals surface area contributed by atoms with E-state index >= 15 is 0 Å². The van der Waals surface area contributed by atoms with Gasteiger partial charge in [0.25, 0.3) is 5.91 Å². The molecule has 2 amide bonds. The lowest BCUT2D eigenvalue weighted by molar-refractivity contribution is -0.116. The fourth-order valence-corrected chi connectivity index (χ4v) is 2.28. The molecule has 6 heteroatoms. The van der Waals surface area contributed by atoms with Gasteiger partial charge in [-0.1, -0.05) is 0 Å². The van der Waals surface area contributed by atoms with E-state index in [0.29, 0.717) is 29.6 Å². The van der Waals surface area contributed by atoms with E-state index in [4.69, 9.17) is 5.73 Å². The van der Waals surface area contributed by atoms with Crippen LogP contribution in [0.25, 0.3) is 0 Å². The Hall–Kier alpha value is -1.40. The highest BCUT2D eigenvalue weighted by Crippen LogP contribution is 2.22. The van der Waals surface area contributed by atoms with Crippen molar-refractivity contribution in [3.05, 3.63) is 17.0 Å². The van der Waals surface area contributed by atoms with Crippen molar-refractivity contribution in [3.8, 4) is 0 Å². The zero-order chi connectivity index (χ0) is 12.3. The monoisotopic (exact) mass is 253 g/mol. The minimum Gasteiger partial charge on any atom is -0.366 e. The zero-order valence-electron chi connectivity index (χ0n) is 9.36. The predicted octanol–water partition coefficient (Wildman–Crippen LogP) is 0.928. The van der Waals surface area contributed by atoms with Crippen molar-refractivity contribution < 1.29 is 9.59 Å². The molecule has 1 aromatic heterocycles. The van der Waals surface area contributed by atoms with Crippen molar-refractivity contribution in [1.82, 2.24) is 5.32 Å². The Bertz CT molecular complexity index is 426. The third-order valence-corrected chi connectivity index (χ3v) is 3.38. The highest BCUT2D eigenvalue weighted by molar-refractivity contribution is 7.14. The largest absolute Gasteiger partial charge is 0.366 e. The molecule has 0 atom stereocenters. The first-order valence-electron chi connectivity index (χ1n) is 5.57. The fraction of sp³-hybridized carbons (Fsp3) is 0.455. The zero-order valence-corrected chi connectivity index (χ0v) is 10.2. The van der Waals surface area contributed by atoms with Gasteiger partial charge in [-0.2, -0.15) is 0 Å². The number of carbonyl (C=O) groups is 2. The number of rotatable bonds is 6. The lowest BCUT2D eigenvalue weighted by Crippen LogP contribution is -2.23. The minimum atomic E-state index is -0.516. The highest BCUT2D eigenvalue weighted by Gasteiger charge is 2.20. The van der Waals surface area contributed by atoms with Gasteiger partial charge in [-0.25, -0.2) is 0 Å². The molecule has 1 heterocycles. The first-order chi connectivity index (χ1) is 8.16. The van der Waals surface area contributed by atoms with Gasteiger partial charge >= 0.3 is 0 Å². The number of hydrogen-bond acceptors (Lipinski definition) is 4. The summed E-state index contributed by atoms with van der Waals surface area (Å²) in [5.74, 6) is -0.610. The molecular weight excluding hydrogens is 238 g/mol. The van der Waals surface area contributed by atoms with Crippen LogP contribution in [0, 0.1) is 0 Å². The molecule has 0 saturated heterocycles.